The van der Waals surface area contributed by atoms with Crippen molar-refractivity contribution in [3.8, 4) is 17.2 Å². The molecule has 1 N–H and O–H groups in total. The zero-order chi connectivity index (χ0) is 21.7. The fraction of sp³-hybridized carbons (Fsp3) is 0.304. The molecule has 0 radical (unpaired) electrons. The fourth-order valence-corrected chi connectivity index (χ4v) is 3.12. The van der Waals surface area contributed by atoms with E-state index in [0.29, 0.717) is 17.1 Å². The molecule has 1 atom stereocenters. The number of carbonyl (C=O) groups is 1. The van der Waals surface area contributed by atoms with Gasteiger partial charge in [0.15, 0.2) is 11.5 Å². The van der Waals surface area contributed by atoms with Gasteiger partial charge in [-0.1, -0.05) is 12.1 Å². The molecule has 0 spiro atoms. The summed E-state index contributed by atoms with van der Waals surface area (Å²) in [5.74, 6) is 2.33. The topological polar surface area (TPSA) is 74.6 Å². The molecule has 1 heterocycles. The Bertz CT molecular complexity index is 996. The van der Waals surface area contributed by atoms with E-state index in [4.69, 9.17) is 14.2 Å². The van der Waals surface area contributed by atoms with Crippen LogP contribution >= 0.6 is 0 Å². The second kappa shape index (κ2) is 9.35. The van der Waals surface area contributed by atoms with E-state index in [1.807, 2.05) is 55.9 Å². The molecule has 3 aromatic rings. The van der Waals surface area contributed by atoms with Crippen molar-refractivity contribution in [3.05, 3.63) is 71.8 Å². The summed E-state index contributed by atoms with van der Waals surface area (Å²) in [6, 6.07) is 12.3. The standard InChI is InChI=1S/C23H27N3O4/c1-15(2)30-19-11-8-17(14-20(19)29-5)23(27)25-21(22-24-12-13-26(22)3)16-6-9-18(28-4)10-7-16/h6-15,21H,1-5H3,(H,25,27). The number of nitrogens with one attached hydrogen (secondary N) is 1. The van der Waals surface area contributed by atoms with E-state index in [9.17, 15) is 4.79 Å². The first-order valence-corrected chi connectivity index (χ1v) is 9.69. The molecule has 30 heavy (non-hydrogen) atoms. The Kier molecular flexibility index (Phi) is 6.61. The monoisotopic (exact) mass is 409 g/mol. The van der Waals surface area contributed by atoms with E-state index in [0.717, 1.165) is 17.1 Å². The summed E-state index contributed by atoms with van der Waals surface area (Å²) in [4.78, 5) is 17.5. The number of ether oxygens (including phenoxy) is 3. The lowest BCUT2D eigenvalue weighted by atomic mass is 10.0. The van der Waals surface area contributed by atoms with Gasteiger partial charge in [0.25, 0.3) is 5.91 Å². The highest BCUT2D eigenvalue weighted by molar-refractivity contribution is 5.95. The summed E-state index contributed by atoms with van der Waals surface area (Å²) in [6.45, 7) is 3.87. The predicted octanol–water partition coefficient (Wildman–Crippen LogP) is 3.74. The second-order valence-electron chi connectivity index (χ2n) is 7.11. The van der Waals surface area contributed by atoms with E-state index in [1.165, 1.54) is 0 Å². The number of amides is 1. The first-order valence-electron chi connectivity index (χ1n) is 9.69. The van der Waals surface area contributed by atoms with Crippen LogP contribution in [0.4, 0.5) is 0 Å². The molecular weight excluding hydrogens is 382 g/mol. The SMILES string of the molecule is COc1ccc(C(NC(=O)c2ccc(OC(C)C)c(OC)c2)c2nccn2C)cc1. The van der Waals surface area contributed by atoms with Gasteiger partial charge >= 0.3 is 0 Å². The number of nitrogens with zero attached hydrogens (tertiary/aromatic N) is 2. The number of benzene rings is 2. The molecule has 1 unspecified atom stereocenters. The molecule has 2 aromatic carbocycles. The van der Waals surface area contributed by atoms with Gasteiger partial charge in [0.2, 0.25) is 0 Å². The third kappa shape index (κ3) is 4.74. The van der Waals surface area contributed by atoms with Gasteiger partial charge in [-0.2, -0.15) is 0 Å². The highest BCUT2D eigenvalue weighted by Gasteiger charge is 2.22. The predicted molar refractivity (Wildman–Crippen MR) is 114 cm³/mol. The number of methoxy groups -OCH3 is 2. The van der Waals surface area contributed by atoms with Crippen LogP contribution in [0.25, 0.3) is 0 Å². The quantitative estimate of drug-likeness (QED) is 0.613. The Hall–Kier alpha value is -3.48. The highest BCUT2D eigenvalue weighted by Crippen LogP contribution is 2.30. The first-order chi connectivity index (χ1) is 14.4. The lowest BCUT2D eigenvalue weighted by molar-refractivity contribution is 0.0940. The molecule has 0 aliphatic heterocycles. The third-order valence-corrected chi connectivity index (χ3v) is 4.63. The number of hydrogen-bond donors (Lipinski definition) is 1. The maximum atomic E-state index is 13.1. The van der Waals surface area contributed by atoms with Crippen LogP contribution in [-0.4, -0.2) is 35.8 Å². The van der Waals surface area contributed by atoms with Gasteiger partial charge in [-0.25, -0.2) is 4.98 Å². The zero-order valence-electron chi connectivity index (χ0n) is 17.9. The van der Waals surface area contributed by atoms with Gasteiger partial charge in [0.1, 0.15) is 17.6 Å². The average molecular weight is 409 g/mol. The smallest absolute Gasteiger partial charge is 0.252 e. The van der Waals surface area contributed by atoms with Crippen LogP contribution in [-0.2, 0) is 7.05 Å². The van der Waals surface area contributed by atoms with Crippen molar-refractivity contribution in [3.63, 3.8) is 0 Å². The molecule has 1 aromatic heterocycles. The minimum absolute atomic E-state index is 0.00134. The molecular formula is C23H27N3O4. The Balaban J connectivity index is 1.90. The minimum Gasteiger partial charge on any atom is -0.497 e. The van der Waals surface area contributed by atoms with Crippen molar-refractivity contribution in [1.82, 2.24) is 14.9 Å². The molecule has 0 aliphatic rings. The van der Waals surface area contributed by atoms with Crippen molar-refractivity contribution in [1.29, 1.82) is 0 Å². The van der Waals surface area contributed by atoms with Crippen LogP contribution < -0.4 is 19.5 Å². The van der Waals surface area contributed by atoms with Crippen molar-refractivity contribution in [2.45, 2.75) is 26.0 Å². The van der Waals surface area contributed by atoms with Gasteiger partial charge in [-0.05, 0) is 49.7 Å². The molecule has 0 saturated carbocycles. The summed E-state index contributed by atoms with van der Waals surface area (Å²) >= 11 is 0. The number of rotatable bonds is 8. The molecule has 3 rings (SSSR count). The number of aryl methyl sites for hydroxylation is 1. The fourth-order valence-electron chi connectivity index (χ4n) is 3.12. The summed E-state index contributed by atoms with van der Waals surface area (Å²) in [5.41, 5.74) is 1.36. The molecule has 7 nitrogen and oxygen atoms in total. The zero-order valence-corrected chi connectivity index (χ0v) is 17.9. The lowest BCUT2D eigenvalue weighted by Gasteiger charge is -2.20. The summed E-state index contributed by atoms with van der Waals surface area (Å²) in [7, 11) is 5.07. The van der Waals surface area contributed by atoms with E-state index in [2.05, 4.69) is 10.3 Å². The molecule has 7 heteroatoms. The molecule has 0 saturated heterocycles. The minimum atomic E-state index is -0.430. The van der Waals surface area contributed by atoms with Gasteiger partial charge in [0.05, 0.1) is 20.3 Å². The van der Waals surface area contributed by atoms with Gasteiger partial charge in [-0.3, -0.25) is 4.79 Å². The normalized spacial score (nSPS) is 11.8. The summed E-state index contributed by atoms with van der Waals surface area (Å²) in [5, 5.41) is 3.08. The van der Waals surface area contributed by atoms with E-state index < -0.39 is 6.04 Å². The molecule has 158 valence electrons. The second-order valence-corrected chi connectivity index (χ2v) is 7.11. The van der Waals surface area contributed by atoms with Crippen LogP contribution in [0.2, 0.25) is 0 Å². The van der Waals surface area contributed by atoms with Crippen molar-refractivity contribution in [2.75, 3.05) is 14.2 Å². The van der Waals surface area contributed by atoms with Crippen LogP contribution in [0, 0.1) is 0 Å². The van der Waals surface area contributed by atoms with Gasteiger partial charge < -0.3 is 24.1 Å². The number of hydrogen-bond acceptors (Lipinski definition) is 5. The third-order valence-electron chi connectivity index (χ3n) is 4.63. The lowest BCUT2D eigenvalue weighted by Crippen LogP contribution is -2.31. The largest absolute Gasteiger partial charge is 0.497 e. The van der Waals surface area contributed by atoms with Gasteiger partial charge in [-0.15, -0.1) is 0 Å². The Morgan fingerprint density at radius 3 is 2.33 bits per heavy atom. The summed E-state index contributed by atoms with van der Waals surface area (Å²) < 4.78 is 18.3. The maximum absolute atomic E-state index is 13.1. The van der Waals surface area contributed by atoms with Crippen LogP contribution in [0.1, 0.15) is 41.6 Å². The Labute approximate surface area is 176 Å². The van der Waals surface area contributed by atoms with E-state index >= 15 is 0 Å². The molecule has 0 bridgehead atoms. The maximum Gasteiger partial charge on any atom is 0.252 e. The Morgan fingerprint density at radius 1 is 1.03 bits per heavy atom. The Morgan fingerprint density at radius 2 is 1.77 bits per heavy atom. The average Bonchev–Trinajstić information content (AvgIpc) is 3.17. The highest BCUT2D eigenvalue weighted by atomic mass is 16.5. The van der Waals surface area contributed by atoms with Crippen LogP contribution in [0.3, 0.4) is 0 Å². The molecule has 0 fully saturated rings. The number of carbonyl (C=O) groups excluding carboxylic acids is 1. The number of imidazole rings is 1. The number of aromatic nitrogens is 2. The molecule has 1 amide bonds. The summed E-state index contributed by atoms with van der Waals surface area (Å²) in [6.07, 6.45) is 3.56. The first kappa shape index (κ1) is 21.2. The van der Waals surface area contributed by atoms with Crippen molar-refractivity contribution in [2.24, 2.45) is 7.05 Å². The van der Waals surface area contributed by atoms with E-state index in [1.54, 1.807) is 38.6 Å². The molecule has 0 aliphatic carbocycles. The van der Waals surface area contributed by atoms with Crippen LogP contribution in [0.15, 0.2) is 54.9 Å². The van der Waals surface area contributed by atoms with Gasteiger partial charge in [0, 0.05) is 25.0 Å². The van der Waals surface area contributed by atoms with Crippen molar-refractivity contribution >= 4 is 5.91 Å². The van der Waals surface area contributed by atoms with Crippen molar-refractivity contribution < 1.29 is 19.0 Å². The van der Waals surface area contributed by atoms with E-state index in [-0.39, 0.29) is 12.0 Å². The van der Waals surface area contributed by atoms with Crippen LogP contribution in [0.5, 0.6) is 17.2 Å².